The van der Waals surface area contributed by atoms with E-state index in [0.29, 0.717) is 5.69 Å². The number of nitrogens with one attached hydrogen (secondary N) is 2. The van der Waals surface area contributed by atoms with Crippen molar-refractivity contribution in [1.29, 1.82) is 0 Å². The Hall–Kier alpha value is -1.36. The fourth-order valence-corrected chi connectivity index (χ4v) is 0.887. The molecule has 1 rings (SSSR count). The number of anilines is 1. The number of nitrogens with zero attached hydrogens (tertiary/aromatic N) is 2. The zero-order valence-electron chi connectivity index (χ0n) is 8.96. The van der Waals surface area contributed by atoms with Crippen LogP contribution in [-0.4, -0.2) is 28.3 Å². The molecule has 1 heterocycles. The van der Waals surface area contributed by atoms with Crippen LogP contribution in [0.3, 0.4) is 0 Å². The smallest absolute Gasteiger partial charge is 0.244 e. The van der Waals surface area contributed by atoms with Gasteiger partial charge < -0.3 is 10.6 Å². The van der Waals surface area contributed by atoms with E-state index in [4.69, 9.17) is 0 Å². The van der Waals surface area contributed by atoms with Crippen molar-refractivity contribution in [3.63, 3.8) is 0 Å². The summed E-state index contributed by atoms with van der Waals surface area (Å²) in [6, 6.07) is 0. The molecule has 1 amide bonds. The first-order valence-electron chi connectivity index (χ1n) is 4.45. The molecule has 0 saturated carbocycles. The number of likely N-dealkylation sites (N-methyl/N-ethyl adjacent to an activating group) is 1. The maximum atomic E-state index is 11.7. The van der Waals surface area contributed by atoms with Gasteiger partial charge in [0.15, 0.2) is 0 Å². The van der Waals surface area contributed by atoms with Gasteiger partial charge in [0.1, 0.15) is 0 Å². The minimum atomic E-state index is -0.574. The Labute approximate surface area is 83.5 Å². The molecule has 78 valence electrons. The quantitative estimate of drug-likeness (QED) is 0.733. The lowest BCUT2D eigenvalue weighted by atomic mass is 10.1. The maximum absolute atomic E-state index is 11.7. The van der Waals surface area contributed by atoms with Crippen LogP contribution in [-0.2, 0) is 11.8 Å². The third-order valence-corrected chi connectivity index (χ3v) is 2.16. The van der Waals surface area contributed by atoms with Gasteiger partial charge in [0, 0.05) is 13.2 Å². The Bertz CT molecular complexity index is 329. The number of carbonyl (C=O) groups excluding carboxylic acids is 1. The average Bonchev–Trinajstić information content (AvgIpc) is 2.51. The average molecular weight is 196 g/mol. The lowest BCUT2D eigenvalue weighted by molar-refractivity contribution is -0.121. The number of hydrogen-bond donors (Lipinski definition) is 2. The molecular weight excluding hydrogens is 180 g/mol. The summed E-state index contributed by atoms with van der Waals surface area (Å²) in [5.74, 6) is -0.0759. The molecule has 1 aromatic rings. The molecule has 0 saturated heterocycles. The summed E-state index contributed by atoms with van der Waals surface area (Å²) < 4.78 is 1.64. The summed E-state index contributed by atoms with van der Waals surface area (Å²) in [5.41, 5.74) is 0.136. The van der Waals surface area contributed by atoms with E-state index >= 15 is 0 Å². The van der Waals surface area contributed by atoms with Crippen molar-refractivity contribution in [1.82, 2.24) is 15.1 Å². The number of aromatic nitrogens is 2. The predicted octanol–water partition coefficient (Wildman–Crippen LogP) is 0.357. The molecule has 0 aliphatic carbocycles. The fraction of sp³-hybridized carbons (Fsp3) is 0.556. The van der Waals surface area contributed by atoms with Gasteiger partial charge in [-0.15, -0.1) is 0 Å². The zero-order chi connectivity index (χ0) is 10.8. The lowest BCUT2D eigenvalue weighted by Crippen LogP contribution is -2.47. The van der Waals surface area contributed by atoms with Gasteiger partial charge in [-0.1, -0.05) is 0 Å². The molecule has 5 heteroatoms. The largest absolute Gasteiger partial charge is 0.322 e. The van der Waals surface area contributed by atoms with Gasteiger partial charge in [0.05, 0.1) is 17.4 Å². The van der Waals surface area contributed by atoms with Crippen LogP contribution in [0.2, 0.25) is 0 Å². The highest BCUT2D eigenvalue weighted by Crippen LogP contribution is 2.08. The molecule has 0 aliphatic rings. The van der Waals surface area contributed by atoms with E-state index < -0.39 is 5.54 Å². The lowest BCUT2D eigenvalue weighted by Gasteiger charge is -2.22. The Morgan fingerprint density at radius 3 is 2.64 bits per heavy atom. The van der Waals surface area contributed by atoms with Crippen LogP contribution in [0.1, 0.15) is 13.8 Å². The molecule has 0 radical (unpaired) electrons. The van der Waals surface area contributed by atoms with Gasteiger partial charge in [-0.2, -0.15) is 5.10 Å². The Morgan fingerprint density at radius 1 is 1.57 bits per heavy atom. The van der Waals surface area contributed by atoms with Gasteiger partial charge >= 0.3 is 0 Å². The van der Waals surface area contributed by atoms with E-state index in [1.54, 1.807) is 31.2 Å². The molecule has 0 atom stereocenters. The van der Waals surface area contributed by atoms with E-state index in [2.05, 4.69) is 15.7 Å². The summed E-state index contributed by atoms with van der Waals surface area (Å²) in [6.45, 7) is 3.64. The molecule has 0 unspecified atom stereocenters. The van der Waals surface area contributed by atoms with Crippen LogP contribution in [0.4, 0.5) is 5.69 Å². The van der Waals surface area contributed by atoms with E-state index in [1.165, 1.54) is 0 Å². The van der Waals surface area contributed by atoms with Gasteiger partial charge in [-0.3, -0.25) is 9.48 Å². The summed E-state index contributed by atoms with van der Waals surface area (Å²) >= 11 is 0. The first-order chi connectivity index (χ1) is 6.45. The van der Waals surface area contributed by atoms with Crippen molar-refractivity contribution in [2.75, 3.05) is 12.4 Å². The van der Waals surface area contributed by atoms with Crippen molar-refractivity contribution < 1.29 is 4.79 Å². The first kappa shape index (κ1) is 10.7. The Balaban J connectivity index is 2.66. The van der Waals surface area contributed by atoms with Crippen LogP contribution < -0.4 is 10.6 Å². The predicted molar refractivity (Wildman–Crippen MR) is 55.0 cm³/mol. The number of rotatable bonds is 3. The third-order valence-electron chi connectivity index (χ3n) is 2.16. The molecule has 0 fully saturated rings. The normalized spacial score (nSPS) is 11.4. The van der Waals surface area contributed by atoms with Crippen molar-refractivity contribution >= 4 is 11.6 Å². The second-order valence-corrected chi connectivity index (χ2v) is 3.73. The van der Waals surface area contributed by atoms with Crippen LogP contribution in [0.15, 0.2) is 12.4 Å². The molecule has 0 spiro atoms. The van der Waals surface area contributed by atoms with E-state index in [1.807, 2.05) is 13.8 Å². The van der Waals surface area contributed by atoms with Gasteiger partial charge in [-0.25, -0.2) is 0 Å². The SMILES string of the molecule is CNC(C)(C)C(=O)Nc1cnn(C)c1. The molecule has 0 aromatic carbocycles. The molecule has 5 nitrogen and oxygen atoms in total. The Morgan fingerprint density at radius 2 is 2.21 bits per heavy atom. The number of aryl methyl sites for hydroxylation is 1. The highest BCUT2D eigenvalue weighted by molar-refractivity contribution is 5.97. The third kappa shape index (κ3) is 2.32. The molecule has 2 N–H and O–H groups in total. The molecule has 14 heavy (non-hydrogen) atoms. The van der Waals surface area contributed by atoms with Crippen molar-refractivity contribution in [3.8, 4) is 0 Å². The van der Waals surface area contributed by atoms with E-state index in [0.717, 1.165) is 0 Å². The number of carbonyl (C=O) groups is 1. The van der Waals surface area contributed by atoms with E-state index in [9.17, 15) is 4.79 Å². The molecule has 0 bridgehead atoms. The molecule has 0 aliphatic heterocycles. The standard InChI is InChI=1S/C9H16N4O/c1-9(2,10-3)8(14)12-7-5-11-13(4)6-7/h5-6,10H,1-4H3,(H,12,14). The van der Waals surface area contributed by atoms with Crippen molar-refractivity contribution in [3.05, 3.63) is 12.4 Å². The topological polar surface area (TPSA) is 59.0 Å². The highest BCUT2D eigenvalue weighted by Gasteiger charge is 2.25. The maximum Gasteiger partial charge on any atom is 0.244 e. The van der Waals surface area contributed by atoms with Crippen LogP contribution in [0.25, 0.3) is 0 Å². The summed E-state index contributed by atoms with van der Waals surface area (Å²) in [5, 5.41) is 9.66. The summed E-state index contributed by atoms with van der Waals surface area (Å²) in [6.07, 6.45) is 3.37. The van der Waals surface area contributed by atoms with Gasteiger partial charge in [0.2, 0.25) is 5.91 Å². The monoisotopic (exact) mass is 196 g/mol. The summed E-state index contributed by atoms with van der Waals surface area (Å²) in [7, 11) is 3.56. The van der Waals surface area contributed by atoms with Gasteiger partial charge in [0.25, 0.3) is 0 Å². The second-order valence-electron chi connectivity index (χ2n) is 3.73. The zero-order valence-corrected chi connectivity index (χ0v) is 8.96. The van der Waals surface area contributed by atoms with Gasteiger partial charge in [-0.05, 0) is 20.9 Å². The van der Waals surface area contributed by atoms with Crippen molar-refractivity contribution in [2.24, 2.45) is 7.05 Å². The van der Waals surface area contributed by atoms with Crippen LogP contribution in [0, 0.1) is 0 Å². The Kier molecular flexibility index (Phi) is 2.90. The minimum absolute atomic E-state index is 0.0759. The molecular formula is C9H16N4O. The van der Waals surface area contributed by atoms with E-state index in [-0.39, 0.29) is 5.91 Å². The fourth-order valence-electron chi connectivity index (χ4n) is 0.887. The summed E-state index contributed by atoms with van der Waals surface area (Å²) in [4.78, 5) is 11.7. The van der Waals surface area contributed by atoms with Crippen LogP contribution >= 0.6 is 0 Å². The highest BCUT2D eigenvalue weighted by atomic mass is 16.2. The first-order valence-corrected chi connectivity index (χ1v) is 4.45. The molecule has 1 aromatic heterocycles. The number of amides is 1. The number of hydrogen-bond acceptors (Lipinski definition) is 3. The second kappa shape index (κ2) is 3.79. The minimum Gasteiger partial charge on any atom is -0.322 e. The van der Waals surface area contributed by atoms with Crippen LogP contribution in [0.5, 0.6) is 0 Å². The van der Waals surface area contributed by atoms with Crippen molar-refractivity contribution in [2.45, 2.75) is 19.4 Å².